The SMILES string of the molecule is CC(=O)N[C@H](CC(=O)NNC(=O)c1ccc(OC(C)C)cc1)c1ccccc1Cl. The summed E-state index contributed by atoms with van der Waals surface area (Å²) in [7, 11) is 0. The van der Waals surface area contributed by atoms with Crippen molar-refractivity contribution < 1.29 is 19.1 Å². The van der Waals surface area contributed by atoms with Crippen molar-refractivity contribution in [1.29, 1.82) is 0 Å². The lowest BCUT2D eigenvalue weighted by Crippen LogP contribution is -2.43. The monoisotopic (exact) mass is 417 g/mol. The van der Waals surface area contributed by atoms with E-state index in [4.69, 9.17) is 16.3 Å². The maximum atomic E-state index is 12.3. The lowest BCUT2D eigenvalue weighted by molar-refractivity contribution is -0.123. The lowest BCUT2D eigenvalue weighted by atomic mass is 10.0. The van der Waals surface area contributed by atoms with Crippen molar-refractivity contribution in [3.63, 3.8) is 0 Å². The van der Waals surface area contributed by atoms with Gasteiger partial charge < -0.3 is 10.1 Å². The van der Waals surface area contributed by atoms with Gasteiger partial charge in [-0.25, -0.2) is 0 Å². The number of hydrogen-bond acceptors (Lipinski definition) is 4. The topological polar surface area (TPSA) is 96.5 Å². The molecule has 0 radical (unpaired) electrons. The van der Waals surface area contributed by atoms with Crippen LogP contribution in [0.3, 0.4) is 0 Å². The van der Waals surface area contributed by atoms with Crippen LogP contribution in [0.1, 0.15) is 49.2 Å². The normalized spacial score (nSPS) is 11.5. The molecule has 0 bridgehead atoms. The van der Waals surface area contributed by atoms with Crippen LogP contribution in [-0.4, -0.2) is 23.8 Å². The summed E-state index contributed by atoms with van der Waals surface area (Å²) < 4.78 is 5.53. The molecule has 2 aromatic rings. The van der Waals surface area contributed by atoms with Crippen LogP contribution >= 0.6 is 11.6 Å². The molecular weight excluding hydrogens is 394 g/mol. The number of hydrogen-bond donors (Lipinski definition) is 3. The molecule has 0 aromatic heterocycles. The van der Waals surface area contributed by atoms with Crippen molar-refractivity contribution in [2.75, 3.05) is 0 Å². The summed E-state index contributed by atoms with van der Waals surface area (Å²) in [5.41, 5.74) is 5.70. The third kappa shape index (κ3) is 7.12. The van der Waals surface area contributed by atoms with Crippen LogP contribution in [0.15, 0.2) is 48.5 Å². The summed E-state index contributed by atoms with van der Waals surface area (Å²) in [4.78, 5) is 36.0. The molecule has 3 amide bonds. The predicted octanol–water partition coefficient (Wildman–Crippen LogP) is 3.16. The number of hydrazine groups is 1. The van der Waals surface area contributed by atoms with Gasteiger partial charge >= 0.3 is 0 Å². The number of benzene rings is 2. The summed E-state index contributed by atoms with van der Waals surface area (Å²) >= 11 is 6.17. The molecule has 7 nitrogen and oxygen atoms in total. The molecule has 1 atom stereocenters. The van der Waals surface area contributed by atoms with Gasteiger partial charge in [-0.2, -0.15) is 0 Å². The van der Waals surface area contributed by atoms with Gasteiger partial charge in [0.2, 0.25) is 11.8 Å². The van der Waals surface area contributed by atoms with E-state index in [-0.39, 0.29) is 18.4 Å². The second kappa shape index (κ2) is 10.5. The first-order valence-electron chi connectivity index (χ1n) is 9.13. The highest BCUT2D eigenvalue weighted by Crippen LogP contribution is 2.25. The highest BCUT2D eigenvalue weighted by Gasteiger charge is 2.20. The highest BCUT2D eigenvalue weighted by atomic mass is 35.5. The molecule has 2 rings (SSSR count). The second-order valence-electron chi connectivity index (χ2n) is 6.67. The van der Waals surface area contributed by atoms with Crippen LogP contribution in [0.4, 0.5) is 0 Å². The maximum absolute atomic E-state index is 12.3. The molecule has 29 heavy (non-hydrogen) atoms. The summed E-state index contributed by atoms with van der Waals surface area (Å²) in [5.74, 6) is -0.589. The maximum Gasteiger partial charge on any atom is 0.269 e. The van der Waals surface area contributed by atoms with E-state index in [9.17, 15) is 14.4 Å². The fraction of sp³-hybridized carbons (Fsp3) is 0.286. The standard InChI is InChI=1S/C21H24ClN3O4/c1-13(2)29-16-10-8-15(9-11-16)21(28)25-24-20(27)12-19(23-14(3)26)17-6-4-5-7-18(17)22/h4-11,13,19H,12H2,1-3H3,(H,23,26)(H,24,27)(H,25,28)/t19-/m1/s1. The minimum atomic E-state index is -0.620. The summed E-state index contributed by atoms with van der Waals surface area (Å²) in [6.07, 6.45) is -0.0614. The van der Waals surface area contributed by atoms with Crippen molar-refractivity contribution in [3.8, 4) is 5.75 Å². The number of nitrogens with one attached hydrogen (secondary N) is 3. The van der Waals surface area contributed by atoms with Crippen LogP contribution in [0, 0.1) is 0 Å². The van der Waals surface area contributed by atoms with Crippen LogP contribution in [-0.2, 0) is 9.59 Å². The van der Waals surface area contributed by atoms with E-state index in [0.29, 0.717) is 21.9 Å². The first-order valence-corrected chi connectivity index (χ1v) is 9.51. The van der Waals surface area contributed by atoms with E-state index in [1.807, 2.05) is 13.8 Å². The first kappa shape index (κ1) is 22.2. The Kier molecular flexibility index (Phi) is 8.03. The second-order valence-corrected chi connectivity index (χ2v) is 7.08. The Morgan fingerprint density at radius 2 is 1.66 bits per heavy atom. The number of carbonyl (C=O) groups excluding carboxylic acids is 3. The fourth-order valence-corrected chi connectivity index (χ4v) is 2.90. The minimum absolute atomic E-state index is 0.0311. The van der Waals surface area contributed by atoms with Gasteiger partial charge in [0.1, 0.15) is 5.75 Å². The third-order valence-corrected chi connectivity index (χ3v) is 4.20. The molecule has 0 unspecified atom stereocenters. The molecule has 2 aromatic carbocycles. The molecular formula is C21H24ClN3O4. The zero-order valence-electron chi connectivity index (χ0n) is 16.5. The Morgan fingerprint density at radius 1 is 1.00 bits per heavy atom. The molecule has 3 N–H and O–H groups in total. The van der Waals surface area contributed by atoms with Gasteiger partial charge in [-0.15, -0.1) is 0 Å². The van der Waals surface area contributed by atoms with Gasteiger partial charge in [0.15, 0.2) is 0 Å². The van der Waals surface area contributed by atoms with Crippen LogP contribution in [0.5, 0.6) is 5.75 Å². The largest absolute Gasteiger partial charge is 0.491 e. The Labute approximate surface area is 174 Å². The van der Waals surface area contributed by atoms with E-state index in [0.717, 1.165) is 0 Å². The Bertz CT molecular complexity index is 868. The van der Waals surface area contributed by atoms with Crippen molar-refractivity contribution in [1.82, 2.24) is 16.2 Å². The van der Waals surface area contributed by atoms with Crippen molar-refractivity contribution >= 4 is 29.3 Å². The Hall–Kier alpha value is -3.06. The molecule has 154 valence electrons. The minimum Gasteiger partial charge on any atom is -0.491 e. The number of carbonyl (C=O) groups is 3. The summed E-state index contributed by atoms with van der Waals surface area (Å²) in [6.45, 7) is 5.18. The molecule has 0 spiro atoms. The van der Waals surface area contributed by atoms with Gasteiger partial charge in [0.25, 0.3) is 5.91 Å². The zero-order chi connectivity index (χ0) is 21.4. The van der Waals surface area contributed by atoms with Crippen molar-refractivity contribution in [2.24, 2.45) is 0 Å². The Morgan fingerprint density at radius 3 is 2.24 bits per heavy atom. The molecule has 8 heteroatoms. The Balaban J connectivity index is 1.95. The van der Waals surface area contributed by atoms with E-state index < -0.39 is 17.9 Å². The number of halogens is 1. The molecule has 0 fully saturated rings. The third-order valence-electron chi connectivity index (χ3n) is 3.85. The lowest BCUT2D eigenvalue weighted by Gasteiger charge is -2.19. The number of ether oxygens (including phenoxy) is 1. The van der Waals surface area contributed by atoms with Crippen LogP contribution < -0.4 is 20.9 Å². The summed E-state index contributed by atoms with van der Waals surface area (Å²) in [6, 6.07) is 12.9. The van der Waals surface area contributed by atoms with Gasteiger partial charge in [-0.3, -0.25) is 25.2 Å². The van der Waals surface area contributed by atoms with E-state index >= 15 is 0 Å². The van der Waals surface area contributed by atoms with E-state index in [2.05, 4.69) is 16.2 Å². The van der Waals surface area contributed by atoms with Gasteiger partial charge in [-0.1, -0.05) is 29.8 Å². The van der Waals surface area contributed by atoms with E-state index in [1.54, 1.807) is 48.5 Å². The smallest absolute Gasteiger partial charge is 0.269 e. The molecule has 0 saturated heterocycles. The van der Waals surface area contributed by atoms with Crippen LogP contribution in [0.25, 0.3) is 0 Å². The van der Waals surface area contributed by atoms with Gasteiger partial charge in [-0.05, 0) is 49.7 Å². The van der Waals surface area contributed by atoms with E-state index in [1.165, 1.54) is 6.92 Å². The molecule has 0 aliphatic heterocycles. The first-order chi connectivity index (χ1) is 13.8. The zero-order valence-corrected chi connectivity index (χ0v) is 17.2. The quantitative estimate of drug-likeness (QED) is 0.603. The number of amides is 3. The average Bonchev–Trinajstić information content (AvgIpc) is 2.66. The van der Waals surface area contributed by atoms with Gasteiger partial charge in [0, 0.05) is 17.5 Å². The molecule has 0 aliphatic carbocycles. The number of rotatable bonds is 7. The fourth-order valence-electron chi connectivity index (χ4n) is 2.63. The van der Waals surface area contributed by atoms with Crippen molar-refractivity contribution in [2.45, 2.75) is 39.3 Å². The van der Waals surface area contributed by atoms with Gasteiger partial charge in [0.05, 0.1) is 18.6 Å². The molecule has 0 heterocycles. The van der Waals surface area contributed by atoms with Crippen molar-refractivity contribution in [3.05, 3.63) is 64.7 Å². The predicted molar refractivity (Wildman–Crippen MR) is 110 cm³/mol. The highest BCUT2D eigenvalue weighted by molar-refractivity contribution is 6.31. The average molecular weight is 418 g/mol. The van der Waals surface area contributed by atoms with Crippen LogP contribution in [0.2, 0.25) is 5.02 Å². The molecule has 0 aliphatic rings. The molecule has 0 saturated carbocycles. The summed E-state index contributed by atoms with van der Waals surface area (Å²) in [5, 5.41) is 3.13.